The first-order chi connectivity index (χ1) is 16.3. The van der Waals surface area contributed by atoms with Crippen LogP contribution in [0.4, 0.5) is 0 Å². The van der Waals surface area contributed by atoms with E-state index in [1.807, 2.05) is 12.5 Å². The largest absolute Gasteiger partial charge is 0.287 e. The summed E-state index contributed by atoms with van der Waals surface area (Å²) in [7, 11) is 2.11. The zero-order valence-corrected chi connectivity index (χ0v) is 21.7. The molecule has 5 rings (SSSR count). The van der Waals surface area contributed by atoms with E-state index in [-0.39, 0.29) is 0 Å². The first-order valence-corrected chi connectivity index (χ1v) is 13.0. The van der Waals surface area contributed by atoms with Crippen LogP contribution in [0.15, 0.2) is 60.4 Å². The zero-order chi connectivity index (χ0) is 24.0. The average Bonchev–Trinajstić information content (AvgIpc) is 3.25. The molecule has 34 heavy (non-hydrogen) atoms. The molecule has 0 aliphatic carbocycles. The van der Waals surface area contributed by atoms with Gasteiger partial charge in [0.1, 0.15) is 4.70 Å². The van der Waals surface area contributed by atoms with Gasteiger partial charge in [0.05, 0.1) is 7.05 Å². The minimum Gasteiger partial charge on any atom is -0.260 e. The minimum atomic E-state index is 0.424. The summed E-state index contributed by atoms with van der Waals surface area (Å²) in [6.07, 6.45) is 5.02. The lowest BCUT2D eigenvalue weighted by Crippen LogP contribution is -2.31. The van der Waals surface area contributed by atoms with Crippen LogP contribution in [0, 0.1) is 12.8 Å². The fourth-order valence-electron chi connectivity index (χ4n) is 4.88. The maximum Gasteiger partial charge on any atom is 0.287 e. The molecule has 0 saturated heterocycles. The summed E-state index contributed by atoms with van der Waals surface area (Å²) in [5.41, 5.74) is 9.73. The summed E-state index contributed by atoms with van der Waals surface area (Å²) < 4.78 is 3.40. The highest BCUT2D eigenvalue weighted by atomic mass is 32.1. The van der Waals surface area contributed by atoms with Gasteiger partial charge in [-0.1, -0.05) is 58.0 Å². The Hall–Kier alpha value is -3.11. The molecule has 0 radical (unpaired) electrons. The van der Waals surface area contributed by atoms with Crippen LogP contribution in [0.3, 0.4) is 0 Å². The molecule has 2 aromatic carbocycles. The van der Waals surface area contributed by atoms with Gasteiger partial charge in [-0.3, -0.25) is 4.98 Å². The van der Waals surface area contributed by atoms with Crippen molar-refractivity contribution in [1.82, 2.24) is 9.97 Å². The molecule has 4 heteroatoms. The number of hydrogen-bond acceptors (Lipinski definition) is 3. The monoisotopic (exact) mass is 466 g/mol. The van der Waals surface area contributed by atoms with Crippen LogP contribution in [0.5, 0.6) is 0 Å². The second kappa shape index (κ2) is 8.92. The van der Waals surface area contributed by atoms with E-state index in [0.29, 0.717) is 11.8 Å². The van der Waals surface area contributed by atoms with Gasteiger partial charge in [-0.25, -0.2) is 4.57 Å². The normalized spacial score (nSPS) is 11.9. The Bertz CT molecular complexity index is 1490. The van der Waals surface area contributed by atoms with Crippen LogP contribution in [-0.2, 0) is 13.5 Å². The molecule has 0 amide bonds. The van der Waals surface area contributed by atoms with Crippen molar-refractivity contribution in [2.75, 3.05) is 0 Å². The highest BCUT2D eigenvalue weighted by Gasteiger charge is 2.23. The molecule has 0 aliphatic rings. The van der Waals surface area contributed by atoms with Gasteiger partial charge in [0.25, 0.3) is 6.33 Å². The molecule has 0 atom stereocenters. The molecule has 0 unspecified atom stereocenters. The van der Waals surface area contributed by atoms with E-state index in [2.05, 4.69) is 94.1 Å². The molecule has 3 heterocycles. The Morgan fingerprint density at radius 1 is 0.941 bits per heavy atom. The first-order valence-electron chi connectivity index (χ1n) is 12.1. The molecular formula is C30H32N3S+. The van der Waals surface area contributed by atoms with E-state index in [0.717, 1.165) is 28.8 Å². The van der Waals surface area contributed by atoms with E-state index >= 15 is 0 Å². The molecular weight excluding hydrogens is 434 g/mol. The van der Waals surface area contributed by atoms with Crippen LogP contribution in [0.25, 0.3) is 43.4 Å². The van der Waals surface area contributed by atoms with Gasteiger partial charge in [0.15, 0.2) is 5.69 Å². The number of rotatable bonds is 5. The highest BCUT2D eigenvalue weighted by molar-refractivity contribution is 7.18. The Labute approximate surface area is 206 Å². The molecule has 0 bridgehead atoms. The third kappa shape index (κ3) is 3.90. The van der Waals surface area contributed by atoms with E-state index in [1.165, 1.54) is 37.9 Å². The summed E-state index contributed by atoms with van der Waals surface area (Å²) in [6.45, 7) is 11.2. The zero-order valence-electron chi connectivity index (χ0n) is 20.9. The van der Waals surface area contributed by atoms with Crippen LogP contribution >= 0.6 is 11.3 Å². The number of benzene rings is 2. The summed E-state index contributed by atoms with van der Waals surface area (Å²) in [6, 6.07) is 15.6. The van der Waals surface area contributed by atoms with Crippen molar-refractivity contribution in [2.45, 2.75) is 47.0 Å². The predicted molar refractivity (Wildman–Crippen MR) is 144 cm³/mol. The van der Waals surface area contributed by atoms with Crippen molar-refractivity contribution in [1.29, 1.82) is 0 Å². The standard InChI is InChI=1S/C30H32N3S/c1-18(2)13-22-14-25(20(5)23-9-7-8-10-24(22)23)29-30-28(32-17-33(29)6)26(16-34-30)21-11-12-27(19(3)4)31-15-21/h7-12,14-19H,13H2,1-6H3/q+1. The summed E-state index contributed by atoms with van der Waals surface area (Å²) in [4.78, 5) is 9.57. The third-order valence-electron chi connectivity index (χ3n) is 6.66. The lowest BCUT2D eigenvalue weighted by atomic mass is 9.90. The first kappa shape index (κ1) is 22.7. The highest BCUT2D eigenvalue weighted by Crippen LogP contribution is 2.40. The molecule has 5 aromatic rings. The third-order valence-corrected chi connectivity index (χ3v) is 7.64. The average molecular weight is 467 g/mol. The Morgan fingerprint density at radius 2 is 1.71 bits per heavy atom. The number of thiophene rings is 1. The van der Waals surface area contributed by atoms with Crippen LogP contribution in [0.1, 0.15) is 50.4 Å². The van der Waals surface area contributed by atoms with Crippen LogP contribution in [0.2, 0.25) is 0 Å². The smallest absolute Gasteiger partial charge is 0.260 e. The van der Waals surface area contributed by atoms with Crippen molar-refractivity contribution in [2.24, 2.45) is 13.0 Å². The SMILES string of the molecule is Cc1c(-c2c3scc(-c4ccc(C(C)C)nc4)c3nc[n+]2C)cc(CC(C)C)c2ccccc12. The van der Waals surface area contributed by atoms with Crippen LogP contribution in [-0.4, -0.2) is 9.97 Å². The fraction of sp³-hybridized carbons (Fsp3) is 0.300. The van der Waals surface area contributed by atoms with Gasteiger partial charge < -0.3 is 0 Å². The number of fused-ring (bicyclic) bond motifs is 2. The molecule has 0 fully saturated rings. The number of nitrogens with zero attached hydrogens (tertiary/aromatic N) is 3. The number of pyridine rings is 1. The van der Waals surface area contributed by atoms with Gasteiger partial charge in [-0.15, -0.1) is 11.3 Å². The summed E-state index contributed by atoms with van der Waals surface area (Å²) in [5, 5.41) is 4.94. The van der Waals surface area contributed by atoms with E-state index in [1.54, 1.807) is 11.3 Å². The van der Waals surface area contributed by atoms with E-state index in [9.17, 15) is 0 Å². The van der Waals surface area contributed by atoms with Gasteiger partial charge in [-0.2, -0.15) is 0 Å². The topological polar surface area (TPSA) is 29.7 Å². The quantitative estimate of drug-likeness (QED) is 0.249. The predicted octanol–water partition coefficient (Wildman–Crippen LogP) is 7.63. The van der Waals surface area contributed by atoms with Crippen molar-refractivity contribution in [3.63, 3.8) is 0 Å². The molecule has 0 aliphatic heterocycles. The Balaban J connectivity index is 1.73. The maximum absolute atomic E-state index is 4.87. The van der Waals surface area contributed by atoms with E-state index < -0.39 is 0 Å². The van der Waals surface area contributed by atoms with Crippen LogP contribution < -0.4 is 4.57 Å². The van der Waals surface area contributed by atoms with Crippen molar-refractivity contribution in [3.05, 3.63) is 77.2 Å². The van der Waals surface area contributed by atoms with Gasteiger partial charge in [0.2, 0.25) is 5.52 Å². The number of aromatic nitrogens is 3. The Kier molecular flexibility index (Phi) is 5.95. The van der Waals surface area contributed by atoms with Crippen molar-refractivity contribution in [3.8, 4) is 22.4 Å². The molecule has 3 nitrogen and oxygen atoms in total. The minimum absolute atomic E-state index is 0.424. The molecule has 0 spiro atoms. The van der Waals surface area contributed by atoms with Gasteiger partial charge in [-0.05, 0) is 64.2 Å². The summed E-state index contributed by atoms with van der Waals surface area (Å²) >= 11 is 1.78. The lowest BCUT2D eigenvalue weighted by Gasteiger charge is -2.16. The van der Waals surface area contributed by atoms with Crippen molar-refractivity contribution >= 4 is 32.3 Å². The molecule has 3 aromatic heterocycles. The molecule has 0 saturated carbocycles. The second-order valence-corrected chi connectivity index (χ2v) is 10.9. The van der Waals surface area contributed by atoms with Gasteiger partial charge >= 0.3 is 0 Å². The van der Waals surface area contributed by atoms with Crippen molar-refractivity contribution < 1.29 is 4.57 Å². The number of aryl methyl sites for hydroxylation is 2. The fourth-order valence-corrected chi connectivity index (χ4v) is 6.01. The lowest BCUT2D eigenvalue weighted by molar-refractivity contribution is -0.662. The second-order valence-electron chi connectivity index (χ2n) is 10.0. The number of hydrogen-bond donors (Lipinski definition) is 0. The van der Waals surface area contributed by atoms with E-state index in [4.69, 9.17) is 9.97 Å². The maximum atomic E-state index is 4.87. The summed E-state index contributed by atoms with van der Waals surface area (Å²) in [5.74, 6) is 1.02. The molecule has 0 N–H and O–H groups in total. The molecule has 172 valence electrons. The Morgan fingerprint density at radius 3 is 2.38 bits per heavy atom. The van der Waals surface area contributed by atoms with Gasteiger partial charge in [0, 0.05) is 34.0 Å².